The lowest BCUT2D eigenvalue weighted by Gasteiger charge is -2.31. The van der Waals surface area contributed by atoms with Crippen LogP contribution in [0.2, 0.25) is 0 Å². The molecule has 1 aromatic heterocycles. The monoisotopic (exact) mass is 351 g/mol. The van der Waals surface area contributed by atoms with Crippen LogP contribution in [0, 0.1) is 0 Å². The van der Waals surface area contributed by atoms with Crippen LogP contribution in [0.3, 0.4) is 0 Å². The van der Waals surface area contributed by atoms with Gasteiger partial charge in [-0.25, -0.2) is 9.78 Å². The van der Waals surface area contributed by atoms with Gasteiger partial charge < -0.3 is 9.64 Å². The zero-order chi connectivity index (χ0) is 16.8. The van der Waals surface area contributed by atoms with E-state index in [0.29, 0.717) is 13.2 Å². The fourth-order valence-corrected chi connectivity index (χ4v) is 4.60. The van der Waals surface area contributed by atoms with Gasteiger partial charge in [0.25, 0.3) is 0 Å². The highest BCUT2D eigenvalue weighted by atomic mass is 32.1. The van der Waals surface area contributed by atoms with Gasteiger partial charge in [-0.15, -0.1) is 0 Å². The molecule has 0 saturated carbocycles. The molecule has 2 aliphatic heterocycles. The third kappa shape index (κ3) is 2.44. The minimum atomic E-state index is -0.234. The summed E-state index contributed by atoms with van der Waals surface area (Å²) in [4.78, 5) is 20.8. The Morgan fingerprint density at radius 1 is 1.08 bits per heavy atom. The molecule has 0 aliphatic carbocycles. The molecule has 126 valence electrons. The van der Waals surface area contributed by atoms with Crippen molar-refractivity contribution in [3.63, 3.8) is 0 Å². The Morgan fingerprint density at radius 2 is 2.00 bits per heavy atom. The molecule has 0 atom stereocenters. The first-order valence-electron chi connectivity index (χ1n) is 8.45. The minimum Gasteiger partial charge on any atom is -0.447 e. The number of carbonyl (C=O) groups excluding carboxylic acids is 1. The van der Waals surface area contributed by atoms with E-state index < -0.39 is 0 Å². The average molecular weight is 351 g/mol. The van der Waals surface area contributed by atoms with Gasteiger partial charge in [-0.2, -0.15) is 0 Å². The Labute approximate surface area is 149 Å². The van der Waals surface area contributed by atoms with Crippen LogP contribution in [0.4, 0.5) is 15.6 Å². The molecule has 5 rings (SSSR count). The van der Waals surface area contributed by atoms with Gasteiger partial charge >= 0.3 is 6.09 Å². The molecule has 3 heterocycles. The summed E-state index contributed by atoms with van der Waals surface area (Å²) in [5.74, 6) is 0. The molecule has 0 radical (unpaired) electrons. The molecule has 1 amide bonds. The zero-order valence-electron chi connectivity index (χ0n) is 13.6. The molecule has 0 unspecified atom stereocenters. The summed E-state index contributed by atoms with van der Waals surface area (Å²) in [5.41, 5.74) is 4.59. The van der Waals surface area contributed by atoms with E-state index in [1.54, 1.807) is 16.2 Å². The molecule has 2 aromatic carbocycles. The lowest BCUT2D eigenvalue weighted by atomic mass is 9.97. The fourth-order valence-electron chi connectivity index (χ4n) is 3.61. The molecule has 0 bridgehead atoms. The molecule has 6 heteroatoms. The maximum absolute atomic E-state index is 11.9. The number of benzene rings is 2. The number of carbonyl (C=O) groups is 1. The fraction of sp³-hybridized carbons (Fsp3) is 0.263. The summed E-state index contributed by atoms with van der Waals surface area (Å²) in [6, 6.07) is 14.5. The maximum Gasteiger partial charge on any atom is 0.414 e. The molecule has 3 aromatic rings. The lowest BCUT2D eigenvalue weighted by Crippen LogP contribution is -2.32. The number of rotatable bonds is 2. The first-order chi connectivity index (χ1) is 12.3. The summed E-state index contributed by atoms with van der Waals surface area (Å²) < 4.78 is 6.32. The molecule has 1 fully saturated rings. The topological polar surface area (TPSA) is 45.7 Å². The van der Waals surface area contributed by atoms with Crippen LogP contribution in [0.1, 0.15) is 11.1 Å². The number of para-hydroxylation sites is 1. The van der Waals surface area contributed by atoms with E-state index in [2.05, 4.69) is 29.2 Å². The molecular formula is C19H17N3O2S. The van der Waals surface area contributed by atoms with Crippen molar-refractivity contribution in [2.75, 3.05) is 29.5 Å². The number of amides is 1. The van der Waals surface area contributed by atoms with E-state index in [1.807, 2.05) is 18.2 Å². The smallest absolute Gasteiger partial charge is 0.414 e. The molecular weight excluding hydrogens is 334 g/mol. The number of anilines is 2. The highest BCUT2D eigenvalue weighted by molar-refractivity contribution is 7.22. The Kier molecular flexibility index (Phi) is 3.38. The van der Waals surface area contributed by atoms with Gasteiger partial charge in [0.15, 0.2) is 5.13 Å². The van der Waals surface area contributed by atoms with E-state index in [9.17, 15) is 4.79 Å². The zero-order valence-corrected chi connectivity index (χ0v) is 14.5. The van der Waals surface area contributed by atoms with Gasteiger partial charge in [0.1, 0.15) is 6.61 Å². The second-order valence-corrected chi connectivity index (χ2v) is 7.33. The molecule has 25 heavy (non-hydrogen) atoms. The summed E-state index contributed by atoms with van der Waals surface area (Å²) >= 11 is 1.74. The standard InChI is InChI=1S/C19H17N3O2S/c23-19-22(10-11-24-19)16-6-3-4-13-12-21(9-8-14(13)16)18-20-15-5-1-2-7-17(15)25-18/h1-7H,8-12H2. The molecule has 0 N–H and O–H groups in total. The molecule has 2 aliphatic rings. The predicted molar refractivity (Wildman–Crippen MR) is 99.5 cm³/mol. The predicted octanol–water partition coefficient (Wildman–Crippen LogP) is 3.82. The van der Waals surface area contributed by atoms with E-state index in [-0.39, 0.29) is 6.09 Å². The van der Waals surface area contributed by atoms with Crippen LogP contribution >= 0.6 is 11.3 Å². The average Bonchev–Trinajstić information content (AvgIpc) is 3.26. The van der Waals surface area contributed by atoms with Gasteiger partial charge in [0.05, 0.1) is 22.4 Å². The van der Waals surface area contributed by atoms with E-state index in [4.69, 9.17) is 9.72 Å². The van der Waals surface area contributed by atoms with Crippen molar-refractivity contribution in [3.8, 4) is 0 Å². The Morgan fingerprint density at radius 3 is 2.84 bits per heavy atom. The first kappa shape index (κ1) is 14.7. The highest BCUT2D eigenvalue weighted by Gasteiger charge is 2.29. The largest absolute Gasteiger partial charge is 0.447 e. The summed E-state index contributed by atoms with van der Waals surface area (Å²) in [7, 11) is 0. The van der Waals surface area contributed by atoms with Gasteiger partial charge in [-0.3, -0.25) is 4.90 Å². The van der Waals surface area contributed by atoms with Crippen LogP contribution in [0.5, 0.6) is 0 Å². The third-order valence-electron chi connectivity index (χ3n) is 4.85. The number of cyclic esters (lactones) is 1. The maximum atomic E-state index is 11.9. The SMILES string of the molecule is O=C1OCCN1c1cccc2c1CCN(c1nc3ccccc3s1)C2. The van der Waals surface area contributed by atoms with E-state index >= 15 is 0 Å². The van der Waals surface area contributed by atoms with Gasteiger partial charge in [0, 0.05) is 13.1 Å². The lowest BCUT2D eigenvalue weighted by molar-refractivity contribution is 0.181. The van der Waals surface area contributed by atoms with Gasteiger partial charge in [-0.05, 0) is 35.7 Å². The minimum absolute atomic E-state index is 0.234. The van der Waals surface area contributed by atoms with Gasteiger partial charge in [0.2, 0.25) is 0 Å². The number of fused-ring (bicyclic) bond motifs is 2. The van der Waals surface area contributed by atoms with Crippen LogP contribution in [-0.2, 0) is 17.7 Å². The number of nitrogens with zero attached hydrogens (tertiary/aromatic N) is 3. The molecule has 5 nitrogen and oxygen atoms in total. The number of thiazole rings is 1. The quantitative estimate of drug-likeness (QED) is 0.704. The number of hydrogen-bond donors (Lipinski definition) is 0. The highest BCUT2D eigenvalue weighted by Crippen LogP contribution is 2.35. The Hall–Kier alpha value is -2.60. The van der Waals surface area contributed by atoms with Crippen molar-refractivity contribution in [2.24, 2.45) is 0 Å². The number of ether oxygens (including phenoxy) is 1. The van der Waals surface area contributed by atoms with Crippen molar-refractivity contribution in [2.45, 2.75) is 13.0 Å². The summed E-state index contributed by atoms with van der Waals surface area (Å²) in [6.45, 7) is 2.84. The summed E-state index contributed by atoms with van der Waals surface area (Å²) in [5, 5.41) is 1.07. The summed E-state index contributed by atoms with van der Waals surface area (Å²) in [6.07, 6.45) is 0.674. The number of hydrogen-bond acceptors (Lipinski definition) is 5. The Balaban J connectivity index is 1.47. The van der Waals surface area contributed by atoms with Crippen LogP contribution in [0.15, 0.2) is 42.5 Å². The normalized spacial score (nSPS) is 17.0. The van der Waals surface area contributed by atoms with Crippen LogP contribution in [0.25, 0.3) is 10.2 Å². The van der Waals surface area contributed by atoms with Crippen molar-refractivity contribution >= 4 is 38.5 Å². The molecule has 1 saturated heterocycles. The van der Waals surface area contributed by atoms with Crippen LogP contribution < -0.4 is 9.80 Å². The third-order valence-corrected chi connectivity index (χ3v) is 5.94. The van der Waals surface area contributed by atoms with Crippen molar-refractivity contribution < 1.29 is 9.53 Å². The van der Waals surface area contributed by atoms with E-state index in [1.165, 1.54) is 15.8 Å². The number of aromatic nitrogens is 1. The van der Waals surface area contributed by atoms with Crippen molar-refractivity contribution in [1.82, 2.24) is 4.98 Å². The first-order valence-corrected chi connectivity index (χ1v) is 9.27. The van der Waals surface area contributed by atoms with Crippen LogP contribution in [-0.4, -0.2) is 30.8 Å². The van der Waals surface area contributed by atoms with Gasteiger partial charge in [-0.1, -0.05) is 35.6 Å². The van der Waals surface area contributed by atoms with Crippen molar-refractivity contribution in [3.05, 3.63) is 53.6 Å². The Bertz CT molecular complexity index is 935. The second kappa shape index (κ2) is 5.74. The van der Waals surface area contributed by atoms with Crippen molar-refractivity contribution in [1.29, 1.82) is 0 Å². The van der Waals surface area contributed by atoms with E-state index in [0.717, 1.165) is 35.8 Å². The molecule has 0 spiro atoms. The second-order valence-electron chi connectivity index (χ2n) is 6.32.